The van der Waals surface area contributed by atoms with E-state index in [1.54, 1.807) is 7.11 Å². The Morgan fingerprint density at radius 2 is 2.17 bits per heavy atom. The zero-order valence-electron chi connectivity index (χ0n) is 13.9. The van der Waals surface area contributed by atoms with Gasteiger partial charge in [-0.2, -0.15) is 0 Å². The Labute approximate surface area is 136 Å². The molecule has 1 aliphatic rings. The summed E-state index contributed by atoms with van der Waals surface area (Å²) in [6, 6.07) is 10.2. The van der Waals surface area contributed by atoms with Crippen LogP contribution in [-0.2, 0) is 11.3 Å². The first kappa shape index (κ1) is 15.6. The molecule has 0 fully saturated rings. The number of fused-ring (bicyclic) bond motifs is 1. The lowest BCUT2D eigenvalue weighted by molar-refractivity contribution is -0.118. The van der Waals surface area contributed by atoms with Crippen LogP contribution in [0.5, 0.6) is 5.75 Å². The molecule has 0 bridgehead atoms. The third-order valence-electron chi connectivity index (χ3n) is 4.44. The number of nitrogens with zero attached hydrogens (tertiary/aromatic N) is 2. The smallest absolute Gasteiger partial charge is 0.238 e. The molecule has 5 nitrogen and oxygen atoms in total. The van der Waals surface area contributed by atoms with Gasteiger partial charge in [-0.1, -0.05) is 6.07 Å². The van der Waals surface area contributed by atoms with E-state index in [0.717, 1.165) is 24.3 Å². The normalized spacial score (nSPS) is 17.6. The van der Waals surface area contributed by atoms with Crippen LogP contribution in [-0.4, -0.2) is 35.6 Å². The second-order valence-corrected chi connectivity index (χ2v) is 6.02. The van der Waals surface area contributed by atoms with Crippen LogP contribution in [0.15, 0.2) is 36.5 Å². The number of rotatable bonds is 4. The Balaban J connectivity index is 1.68. The number of amides is 1. The molecule has 2 heterocycles. The third-order valence-corrected chi connectivity index (χ3v) is 4.44. The Hall–Kier alpha value is -2.27. The first-order chi connectivity index (χ1) is 11.1. The second-order valence-electron chi connectivity index (χ2n) is 6.02. The van der Waals surface area contributed by atoms with Gasteiger partial charge in [0.25, 0.3) is 0 Å². The fourth-order valence-electron chi connectivity index (χ4n) is 3.14. The summed E-state index contributed by atoms with van der Waals surface area (Å²) in [5.74, 6) is 0.672. The van der Waals surface area contributed by atoms with Gasteiger partial charge in [-0.05, 0) is 43.7 Å². The number of benzene rings is 1. The first-order valence-corrected chi connectivity index (χ1v) is 7.92. The van der Waals surface area contributed by atoms with Crippen LogP contribution in [0.3, 0.4) is 0 Å². The van der Waals surface area contributed by atoms with Crippen molar-refractivity contribution in [2.45, 2.75) is 26.4 Å². The van der Waals surface area contributed by atoms with Gasteiger partial charge in [-0.25, -0.2) is 0 Å². The summed E-state index contributed by atoms with van der Waals surface area (Å²) in [4.78, 5) is 14.6. The quantitative estimate of drug-likeness (QED) is 0.944. The van der Waals surface area contributed by atoms with E-state index in [4.69, 9.17) is 4.74 Å². The number of aromatic nitrogens is 1. The van der Waals surface area contributed by atoms with E-state index < -0.39 is 0 Å². The van der Waals surface area contributed by atoms with Crippen LogP contribution in [0, 0.1) is 6.92 Å². The van der Waals surface area contributed by atoms with Crippen molar-refractivity contribution in [1.29, 1.82) is 0 Å². The lowest BCUT2D eigenvalue weighted by Crippen LogP contribution is -2.41. The van der Waals surface area contributed by atoms with Gasteiger partial charge < -0.3 is 14.6 Å². The van der Waals surface area contributed by atoms with Crippen LogP contribution >= 0.6 is 0 Å². The largest absolute Gasteiger partial charge is 0.495 e. The number of methoxy groups -OCH3 is 1. The fraction of sp³-hybridized carbons (Fsp3) is 0.389. The van der Waals surface area contributed by atoms with E-state index in [-0.39, 0.29) is 11.9 Å². The number of nitrogens with one attached hydrogen (secondary N) is 1. The lowest BCUT2D eigenvalue weighted by Gasteiger charge is -2.34. The van der Waals surface area contributed by atoms with Crippen molar-refractivity contribution < 1.29 is 9.53 Å². The molecule has 1 unspecified atom stereocenters. The van der Waals surface area contributed by atoms with Crippen molar-refractivity contribution in [3.63, 3.8) is 0 Å². The van der Waals surface area contributed by atoms with Crippen molar-refractivity contribution in [1.82, 2.24) is 9.47 Å². The molecule has 1 aliphatic heterocycles. The maximum atomic E-state index is 12.4. The van der Waals surface area contributed by atoms with Gasteiger partial charge in [0.2, 0.25) is 5.91 Å². The Kier molecular flexibility index (Phi) is 4.39. The number of carbonyl (C=O) groups excluding carboxylic acids is 1. The highest BCUT2D eigenvalue weighted by molar-refractivity contribution is 5.93. The SMILES string of the molecule is COc1ccc(C)cc1NC(=O)CN1CCn2cccc2C1C. The van der Waals surface area contributed by atoms with E-state index in [1.165, 1.54) is 5.69 Å². The number of hydrogen-bond donors (Lipinski definition) is 1. The van der Waals surface area contributed by atoms with Gasteiger partial charge in [0.05, 0.1) is 19.3 Å². The zero-order chi connectivity index (χ0) is 16.4. The molecule has 0 spiro atoms. The van der Waals surface area contributed by atoms with Gasteiger partial charge in [0, 0.05) is 31.0 Å². The van der Waals surface area contributed by atoms with Gasteiger partial charge in [-0.3, -0.25) is 9.69 Å². The van der Waals surface area contributed by atoms with Crippen LogP contribution < -0.4 is 10.1 Å². The number of carbonyl (C=O) groups is 1. The Bertz CT molecular complexity index is 708. The molecule has 0 saturated carbocycles. The molecule has 1 atom stereocenters. The molecule has 122 valence electrons. The minimum absolute atomic E-state index is 0.0132. The van der Waals surface area contributed by atoms with E-state index in [9.17, 15) is 4.79 Å². The van der Waals surface area contributed by atoms with E-state index in [2.05, 4.69) is 40.0 Å². The monoisotopic (exact) mass is 313 g/mol. The number of hydrogen-bond acceptors (Lipinski definition) is 3. The van der Waals surface area contributed by atoms with Crippen molar-refractivity contribution in [3.05, 3.63) is 47.8 Å². The summed E-state index contributed by atoms with van der Waals surface area (Å²) < 4.78 is 7.57. The predicted molar refractivity (Wildman–Crippen MR) is 90.8 cm³/mol. The third kappa shape index (κ3) is 3.24. The summed E-state index contributed by atoms with van der Waals surface area (Å²) >= 11 is 0. The minimum atomic E-state index is -0.0132. The summed E-state index contributed by atoms with van der Waals surface area (Å²) in [5.41, 5.74) is 3.08. The highest BCUT2D eigenvalue weighted by Gasteiger charge is 2.25. The molecule has 23 heavy (non-hydrogen) atoms. The van der Waals surface area contributed by atoms with E-state index in [0.29, 0.717) is 12.3 Å². The molecule has 2 aromatic rings. The molecule has 5 heteroatoms. The predicted octanol–water partition coefficient (Wildman–Crippen LogP) is 2.82. The molecule has 0 radical (unpaired) electrons. The molecule has 0 saturated heterocycles. The molecule has 3 rings (SSSR count). The number of ether oxygens (including phenoxy) is 1. The van der Waals surface area contributed by atoms with Crippen LogP contribution in [0.1, 0.15) is 24.2 Å². The average Bonchev–Trinajstić information content (AvgIpc) is 3.00. The summed E-state index contributed by atoms with van der Waals surface area (Å²) in [7, 11) is 1.61. The fourth-order valence-corrected chi connectivity index (χ4v) is 3.14. The number of aryl methyl sites for hydroxylation is 1. The van der Waals surface area contributed by atoms with Crippen molar-refractivity contribution in [3.8, 4) is 5.75 Å². The van der Waals surface area contributed by atoms with E-state index >= 15 is 0 Å². The summed E-state index contributed by atoms with van der Waals surface area (Å²) in [6.45, 7) is 6.32. The highest BCUT2D eigenvalue weighted by Crippen LogP contribution is 2.27. The summed E-state index contributed by atoms with van der Waals surface area (Å²) in [5, 5.41) is 2.98. The first-order valence-electron chi connectivity index (χ1n) is 7.92. The standard InChI is InChI=1S/C18H23N3O2/c1-13-6-7-17(23-3)15(11-13)19-18(22)12-21-10-9-20-8-4-5-16(20)14(21)2/h4-8,11,14H,9-10,12H2,1-3H3,(H,19,22). The highest BCUT2D eigenvalue weighted by atomic mass is 16.5. The molecule has 1 N–H and O–H groups in total. The van der Waals surface area contributed by atoms with Crippen LogP contribution in [0.4, 0.5) is 5.69 Å². The van der Waals surface area contributed by atoms with Gasteiger partial charge in [0.1, 0.15) is 5.75 Å². The molecule has 1 amide bonds. The lowest BCUT2D eigenvalue weighted by atomic mass is 10.1. The van der Waals surface area contributed by atoms with E-state index in [1.807, 2.05) is 25.1 Å². The maximum Gasteiger partial charge on any atom is 0.238 e. The zero-order valence-corrected chi connectivity index (χ0v) is 13.9. The van der Waals surface area contributed by atoms with Gasteiger partial charge in [-0.15, -0.1) is 0 Å². The minimum Gasteiger partial charge on any atom is -0.495 e. The molecular weight excluding hydrogens is 290 g/mol. The topological polar surface area (TPSA) is 46.5 Å². The Morgan fingerprint density at radius 3 is 2.96 bits per heavy atom. The van der Waals surface area contributed by atoms with Crippen molar-refractivity contribution >= 4 is 11.6 Å². The molecular formula is C18H23N3O2. The van der Waals surface area contributed by atoms with Crippen molar-refractivity contribution in [2.75, 3.05) is 25.5 Å². The van der Waals surface area contributed by atoms with Gasteiger partial charge >= 0.3 is 0 Å². The Morgan fingerprint density at radius 1 is 1.35 bits per heavy atom. The molecule has 1 aromatic heterocycles. The maximum absolute atomic E-state index is 12.4. The van der Waals surface area contributed by atoms with Crippen LogP contribution in [0.2, 0.25) is 0 Å². The summed E-state index contributed by atoms with van der Waals surface area (Å²) in [6.07, 6.45) is 2.10. The van der Waals surface area contributed by atoms with Crippen molar-refractivity contribution in [2.24, 2.45) is 0 Å². The average molecular weight is 313 g/mol. The second kappa shape index (κ2) is 6.46. The van der Waals surface area contributed by atoms with Gasteiger partial charge in [0.15, 0.2) is 0 Å². The van der Waals surface area contributed by atoms with Crippen LogP contribution in [0.25, 0.3) is 0 Å². The molecule has 1 aromatic carbocycles. The number of anilines is 1. The molecule has 0 aliphatic carbocycles.